The average molecular weight is 342 g/mol. The fourth-order valence-corrected chi connectivity index (χ4v) is 2.26. The van der Waals surface area contributed by atoms with E-state index in [2.05, 4.69) is 68.0 Å². The van der Waals surface area contributed by atoms with E-state index in [0.717, 1.165) is 23.4 Å². The fourth-order valence-electron chi connectivity index (χ4n) is 1.88. The molecule has 1 aromatic rings. The third kappa shape index (κ3) is 6.27. The topological polar surface area (TPSA) is 21.3 Å². The lowest BCUT2D eigenvalue weighted by molar-refractivity contribution is 0.240. The van der Waals surface area contributed by atoms with Crippen LogP contribution in [0.2, 0.25) is 0 Å². The van der Waals surface area contributed by atoms with Crippen LogP contribution >= 0.6 is 15.9 Å². The number of benzene rings is 1. The van der Waals surface area contributed by atoms with Crippen LogP contribution in [-0.4, -0.2) is 12.1 Å². The van der Waals surface area contributed by atoms with E-state index in [4.69, 9.17) is 4.74 Å². The van der Waals surface area contributed by atoms with Crippen LogP contribution in [0.25, 0.3) is 0 Å². The van der Waals surface area contributed by atoms with Crippen LogP contribution in [-0.2, 0) is 6.54 Å². The molecule has 2 nitrogen and oxygen atoms in total. The third-order valence-electron chi connectivity index (χ3n) is 3.47. The number of rotatable bonds is 7. The van der Waals surface area contributed by atoms with E-state index < -0.39 is 0 Å². The second-order valence-corrected chi connectivity index (χ2v) is 7.20. The van der Waals surface area contributed by atoms with E-state index in [1.807, 2.05) is 6.07 Å². The summed E-state index contributed by atoms with van der Waals surface area (Å²) in [4.78, 5) is 0. The molecule has 20 heavy (non-hydrogen) atoms. The van der Waals surface area contributed by atoms with Crippen LogP contribution in [0.1, 0.15) is 53.0 Å². The second-order valence-electron chi connectivity index (χ2n) is 6.35. The largest absolute Gasteiger partial charge is 0.493 e. The maximum Gasteiger partial charge on any atom is 0.119 e. The average Bonchev–Trinajstić information content (AvgIpc) is 2.39. The van der Waals surface area contributed by atoms with Gasteiger partial charge < -0.3 is 10.1 Å². The Bertz CT molecular complexity index is 408. The Labute approximate surface area is 132 Å². The second kappa shape index (κ2) is 8.04. The minimum Gasteiger partial charge on any atom is -0.493 e. The van der Waals surface area contributed by atoms with Crippen LogP contribution in [0.5, 0.6) is 5.75 Å². The number of hydrogen-bond donors (Lipinski definition) is 1. The Kier molecular flexibility index (Phi) is 7.04. The Morgan fingerprint density at radius 1 is 1.20 bits per heavy atom. The summed E-state index contributed by atoms with van der Waals surface area (Å²) in [7, 11) is 0. The van der Waals surface area contributed by atoms with Gasteiger partial charge in [0.2, 0.25) is 0 Å². The Morgan fingerprint density at radius 3 is 2.40 bits per heavy atom. The molecule has 0 unspecified atom stereocenters. The highest BCUT2D eigenvalue weighted by Crippen LogP contribution is 2.24. The lowest BCUT2D eigenvalue weighted by Gasteiger charge is -2.21. The predicted molar refractivity (Wildman–Crippen MR) is 90.3 cm³/mol. The lowest BCUT2D eigenvalue weighted by atomic mass is 10.1. The number of ether oxygens (including phenoxy) is 1. The molecule has 114 valence electrons. The minimum absolute atomic E-state index is 0.117. The molecule has 0 aliphatic heterocycles. The van der Waals surface area contributed by atoms with Gasteiger partial charge in [0.25, 0.3) is 0 Å². The van der Waals surface area contributed by atoms with Gasteiger partial charge in [0, 0.05) is 16.6 Å². The van der Waals surface area contributed by atoms with Crippen molar-refractivity contribution in [3.63, 3.8) is 0 Å². The molecule has 0 aromatic heterocycles. The molecular weight excluding hydrogens is 314 g/mol. The van der Waals surface area contributed by atoms with Crippen LogP contribution in [0, 0.1) is 5.92 Å². The normalized spacial score (nSPS) is 11.9. The van der Waals surface area contributed by atoms with Crippen molar-refractivity contribution in [1.82, 2.24) is 5.32 Å². The molecule has 0 radical (unpaired) electrons. The monoisotopic (exact) mass is 341 g/mol. The van der Waals surface area contributed by atoms with Gasteiger partial charge in [0.1, 0.15) is 5.75 Å². The van der Waals surface area contributed by atoms with E-state index in [9.17, 15) is 0 Å². The zero-order valence-corrected chi connectivity index (χ0v) is 15.0. The van der Waals surface area contributed by atoms with Gasteiger partial charge in [-0.1, -0.05) is 42.6 Å². The van der Waals surface area contributed by atoms with E-state index >= 15 is 0 Å². The molecule has 0 fully saturated rings. The van der Waals surface area contributed by atoms with Crippen molar-refractivity contribution in [3.8, 4) is 5.75 Å². The lowest BCUT2D eigenvalue weighted by Crippen LogP contribution is -2.35. The first-order valence-electron chi connectivity index (χ1n) is 7.52. The van der Waals surface area contributed by atoms with Gasteiger partial charge in [0.15, 0.2) is 0 Å². The summed E-state index contributed by atoms with van der Waals surface area (Å²) in [5.41, 5.74) is 1.35. The SMILES string of the molecule is CCC(CC)COc1ccc(Br)c(CNC(C)(C)C)c1. The van der Waals surface area contributed by atoms with Gasteiger partial charge in [-0.05, 0) is 50.5 Å². The highest BCUT2D eigenvalue weighted by molar-refractivity contribution is 9.10. The summed E-state index contributed by atoms with van der Waals surface area (Å²) in [5.74, 6) is 1.61. The molecule has 1 N–H and O–H groups in total. The Balaban J connectivity index is 2.66. The summed E-state index contributed by atoms with van der Waals surface area (Å²) in [6.45, 7) is 12.6. The molecule has 0 amide bonds. The number of halogens is 1. The standard InChI is InChI=1S/C17H28BrNO/c1-6-13(7-2)12-20-15-8-9-16(18)14(10-15)11-19-17(3,4)5/h8-10,13,19H,6-7,11-12H2,1-5H3. The van der Waals surface area contributed by atoms with Gasteiger partial charge in [-0.2, -0.15) is 0 Å². The quantitative estimate of drug-likeness (QED) is 0.740. The summed E-state index contributed by atoms with van der Waals surface area (Å²) in [6.07, 6.45) is 2.34. The van der Waals surface area contributed by atoms with Gasteiger partial charge in [-0.25, -0.2) is 0 Å². The fraction of sp³-hybridized carbons (Fsp3) is 0.647. The van der Waals surface area contributed by atoms with Crippen molar-refractivity contribution in [2.45, 2.75) is 59.5 Å². The first-order chi connectivity index (χ1) is 9.35. The molecule has 0 aliphatic carbocycles. The first kappa shape index (κ1) is 17.5. The van der Waals surface area contributed by atoms with Crippen molar-refractivity contribution in [2.75, 3.05) is 6.61 Å². The Hall–Kier alpha value is -0.540. The molecule has 3 heteroatoms. The van der Waals surface area contributed by atoms with Gasteiger partial charge in [-0.3, -0.25) is 0 Å². The molecule has 0 saturated carbocycles. The molecule has 0 atom stereocenters. The molecule has 0 aliphatic rings. The van der Waals surface area contributed by atoms with Crippen LogP contribution in [0.15, 0.2) is 22.7 Å². The van der Waals surface area contributed by atoms with E-state index in [0.29, 0.717) is 5.92 Å². The van der Waals surface area contributed by atoms with Crippen molar-refractivity contribution in [2.24, 2.45) is 5.92 Å². The molecule has 0 heterocycles. The predicted octanol–water partition coefficient (Wildman–Crippen LogP) is 5.15. The van der Waals surface area contributed by atoms with E-state index in [1.165, 1.54) is 18.4 Å². The number of nitrogens with one attached hydrogen (secondary N) is 1. The van der Waals surface area contributed by atoms with Crippen molar-refractivity contribution < 1.29 is 4.74 Å². The maximum atomic E-state index is 5.93. The van der Waals surface area contributed by atoms with E-state index in [1.54, 1.807) is 0 Å². The number of hydrogen-bond acceptors (Lipinski definition) is 2. The van der Waals surface area contributed by atoms with Crippen molar-refractivity contribution in [1.29, 1.82) is 0 Å². The smallest absolute Gasteiger partial charge is 0.119 e. The summed E-state index contributed by atoms with van der Waals surface area (Å²) in [5, 5.41) is 3.51. The van der Waals surface area contributed by atoms with Crippen molar-refractivity contribution in [3.05, 3.63) is 28.2 Å². The zero-order valence-electron chi connectivity index (χ0n) is 13.4. The minimum atomic E-state index is 0.117. The molecule has 0 spiro atoms. The summed E-state index contributed by atoms with van der Waals surface area (Å²) in [6, 6.07) is 6.24. The molecule has 0 bridgehead atoms. The van der Waals surface area contributed by atoms with Crippen molar-refractivity contribution >= 4 is 15.9 Å². The molecule has 0 saturated heterocycles. The van der Waals surface area contributed by atoms with Gasteiger partial charge in [0.05, 0.1) is 6.61 Å². The molecular formula is C17H28BrNO. The van der Waals surface area contributed by atoms with Crippen LogP contribution in [0.3, 0.4) is 0 Å². The van der Waals surface area contributed by atoms with Crippen LogP contribution < -0.4 is 10.1 Å². The summed E-state index contributed by atoms with van der Waals surface area (Å²) >= 11 is 3.61. The highest BCUT2D eigenvalue weighted by atomic mass is 79.9. The zero-order chi connectivity index (χ0) is 15.2. The summed E-state index contributed by atoms with van der Waals surface area (Å²) < 4.78 is 7.06. The maximum absolute atomic E-state index is 5.93. The Morgan fingerprint density at radius 2 is 1.85 bits per heavy atom. The van der Waals surface area contributed by atoms with Gasteiger partial charge in [-0.15, -0.1) is 0 Å². The van der Waals surface area contributed by atoms with Gasteiger partial charge >= 0.3 is 0 Å². The first-order valence-corrected chi connectivity index (χ1v) is 8.31. The van der Waals surface area contributed by atoms with E-state index in [-0.39, 0.29) is 5.54 Å². The molecule has 1 aromatic carbocycles. The molecule has 1 rings (SSSR count). The third-order valence-corrected chi connectivity index (χ3v) is 4.24. The van der Waals surface area contributed by atoms with Crippen LogP contribution in [0.4, 0.5) is 0 Å². The highest BCUT2D eigenvalue weighted by Gasteiger charge is 2.11.